The smallest absolute Gasteiger partial charge is 0.143 e. The minimum Gasteiger partial charge on any atom is -0.390 e. The molecule has 5 atom stereocenters. The zero-order valence-electron chi connectivity index (χ0n) is 18.4. The van der Waals surface area contributed by atoms with Gasteiger partial charge in [0.05, 0.1) is 36.1 Å². The molecule has 8 heteroatoms. The summed E-state index contributed by atoms with van der Waals surface area (Å²) in [5.41, 5.74) is 9.04. The first kappa shape index (κ1) is 20.5. The van der Waals surface area contributed by atoms with Crippen LogP contribution in [0.3, 0.4) is 0 Å². The van der Waals surface area contributed by atoms with Crippen LogP contribution in [0.25, 0.3) is 21.9 Å². The van der Waals surface area contributed by atoms with Gasteiger partial charge in [0.15, 0.2) is 0 Å². The first-order valence-corrected chi connectivity index (χ1v) is 11.3. The second-order valence-electron chi connectivity index (χ2n) is 9.59. The summed E-state index contributed by atoms with van der Waals surface area (Å²) in [6.45, 7) is 2.38. The van der Waals surface area contributed by atoms with Crippen LogP contribution in [0.2, 0.25) is 0 Å². The second kappa shape index (κ2) is 7.48. The maximum Gasteiger partial charge on any atom is 0.143 e. The monoisotopic (exact) mass is 445 g/mol. The van der Waals surface area contributed by atoms with Gasteiger partial charge in [0.2, 0.25) is 0 Å². The first-order chi connectivity index (χ1) is 15.9. The van der Waals surface area contributed by atoms with E-state index < -0.39 is 17.6 Å². The summed E-state index contributed by atoms with van der Waals surface area (Å²) >= 11 is 0. The van der Waals surface area contributed by atoms with Crippen molar-refractivity contribution >= 4 is 27.8 Å². The molecule has 33 heavy (non-hydrogen) atoms. The summed E-state index contributed by atoms with van der Waals surface area (Å²) < 4.78 is 8.16. The molecule has 0 amide bonds. The van der Waals surface area contributed by atoms with Crippen LogP contribution in [-0.4, -0.2) is 54.7 Å². The fraction of sp³-hybridized carbons (Fsp3) is 0.400. The molecule has 4 heterocycles. The van der Waals surface area contributed by atoms with E-state index in [1.165, 1.54) is 0 Å². The number of nitrogens with two attached hydrogens (primary N) is 1. The molecule has 8 nitrogen and oxygen atoms in total. The number of benzene rings is 1. The molecular formula is C25H27N5O3. The highest BCUT2D eigenvalue weighted by molar-refractivity contribution is 5.80. The van der Waals surface area contributed by atoms with Gasteiger partial charge in [0.25, 0.3) is 0 Å². The van der Waals surface area contributed by atoms with Crippen molar-refractivity contribution in [3.8, 4) is 0 Å². The number of aromatic nitrogens is 4. The highest BCUT2D eigenvalue weighted by Gasteiger charge is 2.57. The van der Waals surface area contributed by atoms with Gasteiger partial charge in [-0.3, -0.25) is 0 Å². The molecule has 2 fully saturated rings. The van der Waals surface area contributed by atoms with E-state index in [0.717, 1.165) is 39.6 Å². The Morgan fingerprint density at radius 3 is 2.88 bits per heavy atom. The van der Waals surface area contributed by atoms with Gasteiger partial charge in [0.1, 0.15) is 23.9 Å². The Morgan fingerprint density at radius 2 is 2.00 bits per heavy atom. The number of rotatable bonds is 3. The summed E-state index contributed by atoms with van der Waals surface area (Å²) in [5, 5.41) is 24.1. The van der Waals surface area contributed by atoms with Crippen LogP contribution in [-0.2, 0) is 11.2 Å². The molecule has 0 unspecified atom stereocenters. The molecule has 0 radical (unpaired) electrons. The minimum atomic E-state index is -0.883. The maximum atomic E-state index is 11.1. The number of nitrogens with zero attached hydrogens (tertiary/aromatic N) is 4. The van der Waals surface area contributed by atoms with Gasteiger partial charge in [-0.25, -0.2) is 15.0 Å². The Hall–Kier alpha value is -3.07. The van der Waals surface area contributed by atoms with Crippen LogP contribution < -0.4 is 5.73 Å². The molecule has 4 aromatic rings. The second-order valence-corrected chi connectivity index (χ2v) is 9.59. The Balaban J connectivity index is 1.23. The van der Waals surface area contributed by atoms with Gasteiger partial charge in [-0.2, -0.15) is 0 Å². The fourth-order valence-electron chi connectivity index (χ4n) is 5.76. The van der Waals surface area contributed by atoms with Crippen LogP contribution in [0.4, 0.5) is 5.82 Å². The van der Waals surface area contributed by atoms with Crippen molar-refractivity contribution in [3.63, 3.8) is 0 Å². The standard InChI is InChI=1S/C25H27N5O3/c1-14-18-6-7-30(24(18)28-13-27-14)20-11-25(23(32)22(20)31)10-17(33-12-25)8-15-2-3-16-4-5-21(26)29-19(16)9-15/h2-7,9,13,17,20,22-23,31-32H,8,10-12H2,1H3,(H2,26,29)/t17-,20+,22-,23-,25-/m0/s1. The molecule has 6 rings (SSSR count). The molecule has 4 N–H and O–H groups in total. The highest BCUT2D eigenvalue weighted by atomic mass is 16.5. The van der Waals surface area contributed by atoms with E-state index in [2.05, 4.69) is 27.1 Å². The number of fused-ring (bicyclic) bond motifs is 2. The Labute approximate surface area is 191 Å². The molecule has 1 spiro atoms. The quantitative estimate of drug-likeness (QED) is 0.443. The fourth-order valence-corrected chi connectivity index (χ4v) is 5.76. The first-order valence-electron chi connectivity index (χ1n) is 11.3. The number of hydrogen-bond acceptors (Lipinski definition) is 7. The highest BCUT2D eigenvalue weighted by Crippen LogP contribution is 2.52. The van der Waals surface area contributed by atoms with Gasteiger partial charge in [-0.05, 0) is 56.0 Å². The normalized spacial score (nSPS) is 29.5. The summed E-state index contributed by atoms with van der Waals surface area (Å²) in [6, 6.07) is 11.7. The largest absolute Gasteiger partial charge is 0.390 e. The van der Waals surface area contributed by atoms with E-state index in [4.69, 9.17) is 10.5 Å². The van der Waals surface area contributed by atoms with Crippen LogP contribution >= 0.6 is 0 Å². The Kier molecular flexibility index (Phi) is 4.65. The molecule has 1 saturated heterocycles. The lowest BCUT2D eigenvalue weighted by Gasteiger charge is -2.26. The molecule has 3 aromatic heterocycles. The van der Waals surface area contributed by atoms with Crippen LogP contribution in [0.15, 0.2) is 48.9 Å². The van der Waals surface area contributed by atoms with Crippen LogP contribution in [0.1, 0.15) is 30.1 Å². The summed E-state index contributed by atoms with van der Waals surface area (Å²) in [4.78, 5) is 13.1. The SMILES string of the molecule is Cc1ncnc2c1ccn2[C@@H]1C[C@@]2(CO[C@@H](Cc3ccc4ccc(N)nc4c3)C2)[C@@H](O)[C@H]1O. The Bertz CT molecular complexity index is 1350. The van der Waals surface area contributed by atoms with Crippen molar-refractivity contribution in [1.29, 1.82) is 0 Å². The minimum absolute atomic E-state index is 0.0323. The number of ether oxygens (including phenoxy) is 1. The maximum absolute atomic E-state index is 11.1. The molecule has 1 aliphatic carbocycles. The summed E-state index contributed by atoms with van der Waals surface area (Å²) in [7, 11) is 0. The summed E-state index contributed by atoms with van der Waals surface area (Å²) in [5.74, 6) is 0.503. The van der Waals surface area contributed by atoms with Gasteiger partial charge in [0, 0.05) is 22.4 Å². The molecule has 2 aliphatic rings. The number of aliphatic hydroxyl groups excluding tert-OH is 2. The van der Waals surface area contributed by atoms with Gasteiger partial charge in [-0.1, -0.05) is 12.1 Å². The molecule has 1 aliphatic heterocycles. The lowest BCUT2D eigenvalue weighted by Crippen LogP contribution is -2.37. The van der Waals surface area contributed by atoms with Gasteiger partial charge >= 0.3 is 0 Å². The Morgan fingerprint density at radius 1 is 1.15 bits per heavy atom. The van der Waals surface area contributed by atoms with Crippen molar-refractivity contribution in [2.45, 2.75) is 50.5 Å². The number of pyridine rings is 1. The van der Waals surface area contributed by atoms with E-state index in [-0.39, 0.29) is 12.1 Å². The molecule has 1 saturated carbocycles. The van der Waals surface area contributed by atoms with E-state index in [1.807, 2.05) is 35.9 Å². The number of hydrogen-bond donors (Lipinski definition) is 3. The van der Waals surface area contributed by atoms with Crippen molar-refractivity contribution in [2.75, 3.05) is 12.3 Å². The number of aryl methyl sites for hydroxylation is 1. The molecule has 0 bridgehead atoms. The van der Waals surface area contributed by atoms with Gasteiger partial charge < -0.3 is 25.3 Å². The van der Waals surface area contributed by atoms with E-state index >= 15 is 0 Å². The van der Waals surface area contributed by atoms with Crippen molar-refractivity contribution < 1.29 is 14.9 Å². The third-order valence-corrected chi connectivity index (χ3v) is 7.51. The molecular weight excluding hydrogens is 418 g/mol. The summed E-state index contributed by atoms with van der Waals surface area (Å²) in [6.07, 6.45) is 3.76. The van der Waals surface area contributed by atoms with Crippen LogP contribution in [0, 0.1) is 12.3 Å². The average molecular weight is 446 g/mol. The van der Waals surface area contributed by atoms with Gasteiger partial charge in [-0.15, -0.1) is 0 Å². The number of anilines is 1. The average Bonchev–Trinajstić information content (AvgIpc) is 3.47. The van der Waals surface area contributed by atoms with E-state index in [1.54, 1.807) is 12.4 Å². The lowest BCUT2D eigenvalue weighted by atomic mass is 9.80. The number of nitrogen functional groups attached to an aromatic ring is 1. The predicted molar refractivity (Wildman–Crippen MR) is 125 cm³/mol. The molecule has 1 aromatic carbocycles. The molecule has 170 valence electrons. The number of aliphatic hydroxyl groups is 2. The van der Waals surface area contributed by atoms with E-state index in [0.29, 0.717) is 25.3 Å². The lowest BCUT2D eigenvalue weighted by molar-refractivity contribution is -0.0308. The van der Waals surface area contributed by atoms with Crippen molar-refractivity contribution in [1.82, 2.24) is 19.5 Å². The van der Waals surface area contributed by atoms with Crippen LogP contribution in [0.5, 0.6) is 0 Å². The van der Waals surface area contributed by atoms with E-state index in [9.17, 15) is 10.2 Å². The third kappa shape index (κ3) is 3.28. The zero-order chi connectivity index (χ0) is 22.7. The third-order valence-electron chi connectivity index (χ3n) is 7.51. The van der Waals surface area contributed by atoms with Crippen molar-refractivity contribution in [2.24, 2.45) is 5.41 Å². The zero-order valence-corrected chi connectivity index (χ0v) is 18.4. The predicted octanol–water partition coefficient (Wildman–Crippen LogP) is 2.55. The topological polar surface area (TPSA) is 119 Å². The van der Waals surface area contributed by atoms with Crippen molar-refractivity contribution in [3.05, 3.63) is 60.2 Å².